The number of rotatable bonds is 4. The number of hydrogen-bond acceptors (Lipinski definition) is 4. The highest BCUT2D eigenvalue weighted by atomic mass is 32.2. The van der Waals surface area contributed by atoms with Crippen molar-refractivity contribution in [1.82, 2.24) is 0 Å². The largest absolute Gasteiger partial charge is 0.495 e. The lowest BCUT2D eigenvalue weighted by atomic mass is 9.87. The molecule has 0 aliphatic heterocycles. The lowest BCUT2D eigenvalue weighted by Gasteiger charge is -2.19. The summed E-state index contributed by atoms with van der Waals surface area (Å²) in [6, 6.07) is 11.0. The molecule has 2 rings (SSSR count). The van der Waals surface area contributed by atoms with E-state index in [9.17, 15) is 13.2 Å². The third-order valence-electron chi connectivity index (χ3n) is 3.73. The second-order valence-electron chi connectivity index (χ2n) is 6.62. The highest BCUT2D eigenvalue weighted by Crippen LogP contribution is 2.28. The van der Waals surface area contributed by atoms with E-state index in [1.165, 1.54) is 19.2 Å². The number of nitrogens with one attached hydrogen (secondary N) is 1. The van der Waals surface area contributed by atoms with Gasteiger partial charge >= 0.3 is 0 Å². The van der Waals surface area contributed by atoms with Crippen LogP contribution in [-0.2, 0) is 15.5 Å². The van der Waals surface area contributed by atoms with Crippen molar-refractivity contribution >= 4 is 21.7 Å². The molecule has 0 aromatic heterocycles. The van der Waals surface area contributed by atoms with Gasteiger partial charge in [-0.3, -0.25) is 9.35 Å². The number of anilines is 1. The van der Waals surface area contributed by atoms with Crippen molar-refractivity contribution in [3.8, 4) is 5.75 Å². The van der Waals surface area contributed by atoms with E-state index in [2.05, 4.69) is 26.1 Å². The Kier molecular flexibility index (Phi) is 5.20. The molecule has 0 bridgehead atoms. The quantitative estimate of drug-likeness (QED) is 0.811. The van der Waals surface area contributed by atoms with Crippen molar-refractivity contribution in [3.63, 3.8) is 0 Å². The van der Waals surface area contributed by atoms with E-state index in [4.69, 9.17) is 9.29 Å². The monoisotopic (exact) mass is 363 g/mol. The van der Waals surface area contributed by atoms with E-state index in [0.717, 1.165) is 11.6 Å². The van der Waals surface area contributed by atoms with E-state index >= 15 is 0 Å². The molecule has 134 valence electrons. The van der Waals surface area contributed by atoms with Crippen molar-refractivity contribution in [2.24, 2.45) is 0 Å². The van der Waals surface area contributed by atoms with Crippen LogP contribution in [0.1, 0.15) is 36.7 Å². The Morgan fingerprint density at radius 1 is 1.08 bits per heavy atom. The summed E-state index contributed by atoms with van der Waals surface area (Å²) >= 11 is 0. The summed E-state index contributed by atoms with van der Waals surface area (Å²) in [5.74, 6) is -0.215. The molecule has 0 aliphatic rings. The Balaban J connectivity index is 2.26. The zero-order valence-electron chi connectivity index (χ0n) is 14.5. The van der Waals surface area contributed by atoms with Gasteiger partial charge in [0.25, 0.3) is 16.0 Å². The van der Waals surface area contributed by atoms with E-state index in [1.807, 2.05) is 12.1 Å². The fourth-order valence-electron chi connectivity index (χ4n) is 2.25. The van der Waals surface area contributed by atoms with Crippen LogP contribution in [0.3, 0.4) is 0 Å². The number of ether oxygens (including phenoxy) is 1. The third-order valence-corrected chi connectivity index (χ3v) is 4.58. The molecule has 6 nitrogen and oxygen atoms in total. The minimum absolute atomic E-state index is 0.0101. The van der Waals surface area contributed by atoms with Gasteiger partial charge in [0.2, 0.25) is 0 Å². The molecule has 2 aromatic carbocycles. The Bertz CT molecular complexity index is 881. The molecular formula is C18H21NO5S. The lowest BCUT2D eigenvalue weighted by molar-refractivity contribution is 0.102. The molecule has 0 saturated heterocycles. The van der Waals surface area contributed by atoms with E-state index < -0.39 is 10.1 Å². The molecule has 0 fully saturated rings. The first kappa shape index (κ1) is 19.0. The van der Waals surface area contributed by atoms with Crippen molar-refractivity contribution in [1.29, 1.82) is 0 Å². The molecule has 0 spiro atoms. The number of benzene rings is 2. The summed E-state index contributed by atoms with van der Waals surface area (Å²) in [4.78, 5) is 12.1. The number of amides is 1. The first-order valence-electron chi connectivity index (χ1n) is 7.60. The van der Waals surface area contributed by atoms with Gasteiger partial charge in [-0.15, -0.1) is 0 Å². The molecule has 0 heterocycles. The summed E-state index contributed by atoms with van der Waals surface area (Å²) in [5.41, 5.74) is 1.87. The molecule has 0 saturated carbocycles. The van der Waals surface area contributed by atoms with Gasteiger partial charge in [0.1, 0.15) is 5.75 Å². The van der Waals surface area contributed by atoms with Crippen LogP contribution in [0.2, 0.25) is 0 Å². The zero-order valence-corrected chi connectivity index (χ0v) is 15.3. The maximum absolute atomic E-state index is 12.4. The van der Waals surface area contributed by atoms with Crippen molar-refractivity contribution < 1.29 is 22.5 Å². The Hall–Kier alpha value is -2.38. The Labute approximate surface area is 147 Å². The Morgan fingerprint density at radius 3 is 2.16 bits per heavy atom. The fraction of sp³-hybridized carbons (Fsp3) is 0.278. The number of methoxy groups -OCH3 is 1. The molecule has 0 unspecified atom stereocenters. The second-order valence-corrected chi connectivity index (χ2v) is 8.04. The highest BCUT2D eigenvalue weighted by Gasteiger charge is 2.17. The van der Waals surface area contributed by atoms with Crippen molar-refractivity contribution in [3.05, 3.63) is 53.6 Å². The summed E-state index contributed by atoms with van der Waals surface area (Å²) in [5, 5.41) is 2.67. The van der Waals surface area contributed by atoms with Crippen LogP contribution < -0.4 is 10.1 Å². The molecule has 25 heavy (non-hydrogen) atoms. The zero-order chi connectivity index (χ0) is 18.8. The van der Waals surface area contributed by atoms with E-state index in [1.54, 1.807) is 12.1 Å². The van der Waals surface area contributed by atoms with Crippen molar-refractivity contribution in [2.45, 2.75) is 31.1 Å². The first-order valence-corrected chi connectivity index (χ1v) is 9.04. The molecular weight excluding hydrogens is 342 g/mol. The SMILES string of the molecule is COc1cc(S(=O)(=O)O)ccc1NC(=O)c1ccc(C(C)(C)C)cc1. The molecule has 0 aliphatic carbocycles. The summed E-state index contributed by atoms with van der Waals surface area (Å²) in [7, 11) is -3.00. The number of carbonyl (C=O) groups excluding carboxylic acids is 1. The summed E-state index contributed by atoms with van der Waals surface area (Å²) in [6.07, 6.45) is 0. The minimum atomic E-state index is -4.34. The van der Waals surface area contributed by atoms with Gasteiger partial charge in [0.05, 0.1) is 17.7 Å². The predicted molar refractivity (Wildman–Crippen MR) is 95.9 cm³/mol. The van der Waals surface area contributed by atoms with Crippen LogP contribution in [0.15, 0.2) is 47.4 Å². The summed E-state index contributed by atoms with van der Waals surface area (Å²) < 4.78 is 36.5. The van der Waals surface area contributed by atoms with Gasteiger partial charge in [0, 0.05) is 11.6 Å². The van der Waals surface area contributed by atoms with Crippen LogP contribution in [0, 0.1) is 0 Å². The van der Waals surface area contributed by atoms with Gasteiger partial charge in [-0.05, 0) is 35.2 Å². The molecule has 0 radical (unpaired) electrons. The van der Waals surface area contributed by atoms with Gasteiger partial charge in [-0.1, -0.05) is 32.9 Å². The maximum Gasteiger partial charge on any atom is 0.294 e. The van der Waals surface area contributed by atoms with Gasteiger partial charge in [-0.25, -0.2) is 0 Å². The normalized spacial score (nSPS) is 11.9. The molecule has 2 aromatic rings. The lowest BCUT2D eigenvalue weighted by Crippen LogP contribution is -2.15. The van der Waals surface area contributed by atoms with Crippen LogP contribution >= 0.6 is 0 Å². The number of hydrogen-bond donors (Lipinski definition) is 2. The van der Waals surface area contributed by atoms with Crippen LogP contribution in [0.5, 0.6) is 5.75 Å². The fourth-order valence-corrected chi connectivity index (χ4v) is 2.75. The van der Waals surface area contributed by atoms with E-state index in [-0.39, 0.29) is 22.0 Å². The minimum Gasteiger partial charge on any atom is -0.495 e. The Morgan fingerprint density at radius 2 is 1.68 bits per heavy atom. The molecule has 7 heteroatoms. The first-order chi connectivity index (χ1) is 11.5. The average molecular weight is 363 g/mol. The van der Waals surface area contributed by atoms with Crippen molar-refractivity contribution in [2.75, 3.05) is 12.4 Å². The van der Waals surface area contributed by atoms with Gasteiger partial charge in [0.15, 0.2) is 0 Å². The van der Waals surface area contributed by atoms with Gasteiger partial charge < -0.3 is 10.1 Å². The van der Waals surface area contributed by atoms with E-state index in [0.29, 0.717) is 11.3 Å². The average Bonchev–Trinajstić information content (AvgIpc) is 2.53. The third kappa shape index (κ3) is 4.58. The predicted octanol–water partition coefficient (Wildman–Crippen LogP) is 3.49. The molecule has 2 N–H and O–H groups in total. The smallest absolute Gasteiger partial charge is 0.294 e. The van der Waals surface area contributed by atoms with Gasteiger partial charge in [-0.2, -0.15) is 8.42 Å². The van der Waals surface area contributed by atoms with Crippen LogP contribution in [0.25, 0.3) is 0 Å². The maximum atomic E-state index is 12.4. The topological polar surface area (TPSA) is 92.7 Å². The second kappa shape index (κ2) is 6.85. The number of carbonyl (C=O) groups is 1. The standard InChI is InChI=1S/C18H21NO5S/c1-18(2,3)13-7-5-12(6-8-13)17(20)19-15-10-9-14(25(21,22)23)11-16(15)24-4/h5-11H,1-4H3,(H,19,20)(H,21,22,23). The molecule has 1 amide bonds. The van der Waals surface area contributed by atoms with Crippen LogP contribution in [-0.4, -0.2) is 26.0 Å². The highest BCUT2D eigenvalue weighted by molar-refractivity contribution is 7.85. The summed E-state index contributed by atoms with van der Waals surface area (Å²) in [6.45, 7) is 6.26. The van der Waals surface area contributed by atoms with Crippen LogP contribution in [0.4, 0.5) is 5.69 Å². The molecule has 0 atom stereocenters.